The summed E-state index contributed by atoms with van der Waals surface area (Å²) in [5.41, 5.74) is 2.60. The molecule has 0 radical (unpaired) electrons. The van der Waals surface area contributed by atoms with Crippen molar-refractivity contribution in [3.8, 4) is 11.4 Å². The molecule has 0 bridgehead atoms. The van der Waals surface area contributed by atoms with Gasteiger partial charge >= 0.3 is 0 Å². The molecule has 0 saturated carbocycles. The Bertz CT molecular complexity index is 1040. The molecule has 1 unspecified atom stereocenters. The minimum absolute atomic E-state index is 0.198. The predicted octanol–water partition coefficient (Wildman–Crippen LogP) is 1.94. The molecule has 1 amide bonds. The molecule has 0 spiro atoms. The molecular formula is C19H17N7O2. The number of benzene rings is 2. The number of amides is 1. The second kappa shape index (κ2) is 7.78. The lowest BCUT2D eigenvalue weighted by atomic mass is 10.1. The van der Waals surface area contributed by atoms with Crippen molar-refractivity contribution in [3.63, 3.8) is 0 Å². The Morgan fingerprint density at radius 3 is 2.57 bits per heavy atom. The van der Waals surface area contributed by atoms with E-state index in [2.05, 4.69) is 31.0 Å². The second-order valence-corrected chi connectivity index (χ2v) is 6.15. The van der Waals surface area contributed by atoms with Gasteiger partial charge in [0.1, 0.15) is 6.33 Å². The van der Waals surface area contributed by atoms with Gasteiger partial charge in [-0.3, -0.25) is 4.79 Å². The van der Waals surface area contributed by atoms with E-state index in [1.807, 2.05) is 54.6 Å². The highest BCUT2D eigenvalue weighted by atomic mass is 16.5. The fourth-order valence-corrected chi connectivity index (χ4v) is 2.82. The smallest absolute Gasteiger partial charge is 0.249 e. The van der Waals surface area contributed by atoms with Crippen LogP contribution in [0.15, 0.2) is 65.4 Å². The van der Waals surface area contributed by atoms with E-state index in [0.717, 1.165) is 16.7 Å². The molecular weight excluding hydrogens is 358 g/mol. The van der Waals surface area contributed by atoms with Gasteiger partial charge in [0.25, 0.3) is 0 Å². The number of aryl methyl sites for hydroxylation is 1. The number of rotatable bonds is 6. The largest absolute Gasteiger partial charge is 0.350 e. The molecule has 4 rings (SSSR count). The van der Waals surface area contributed by atoms with Gasteiger partial charge in [0.2, 0.25) is 17.6 Å². The van der Waals surface area contributed by atoms with Crippen LogP contribution in [0.25, 0.3) is 11.4 Å². The first-order valence-corrected chi connectivity index (χ1v) is 8.65. The van der Waals surface area contributed by atoms with Crippen LogP contribution >= 0.6 is 0 Å². The fraction of sp³-hybridized carbons (Fsp3) is 0.158. The molecule has 2 aromatic carbocycles. The number of aromatic nitrogens is 6. The second-order valence-electron chi connectivity index (χ2n) is 6.15. The molecule has 9 heteroatoms. The Hall–Kier alpha value is -3.88. The van der Waals surface area contributed by atoms with E-state index in [4.69, 9.17) is 4.52 Å². The number of nitrogens with zero attached hydrogens (tertiary/aromatic N) is 6. The van der Waals surface area contributed by atoms with Crippen LogP contribution in [0.5, 0.6) is 0 Å². The van der Waals surface area contributed by atoms with Crippen molar-refractivity contribution < 1.29 is 9.32 Å². The third-order valence-corrected chi connectivity index (χ3v) is 4.20. The normalized spacial score (nSPS) is 11.9. The molecule has 1 atom stereocenters. The Morgan fingerprint density at radius 1 is 1.14 bits per heavy atom. The number of carbonyl (C=O) groups is 1. The minimum atomic E-state index is -0.641. The van der Waals surface area contributed by atoms with Gasteiger partial charge in [-0.25, -0.2) is 4.68 Å². The molecule has 9 nitrogen and oxygen atoms in total. The van der Waals surface area contributed by atoms with Gasteiger partial charge in [-0.15, -0.1) is 5.10 Å². The molecule has 140 valence electrons. The summed E-state index contributed by atoms with van der Waals surface area (Å²) in [6.45, 7) is 2.12. The standard InChI is InChI=1S/C19H17N7O2/c1-13-22-18(23-28-13)16-9-7-14(8-10-16)11-20-19(27)17(26-12-21-24-25-26)15-5-3-2-4-6-15/h2-10,12,17H,11H2,1H3,(H,20,27). The van der Waals surface area contributed by atoms with Crippen LogP contribution in [0.3, 0.4) is 0 Å². The lowest BCUT2D eigenvalue weighted by Crippen LogP contribution is -2.33. The summed E-state index contributed by atoms with van der Waals surface area (Å²) in [5, 5.41) is 18.0. The maximum atomic E-state index is 12.8. The number of hydrogen-bond donors (Lipinski definition) is 1. The summed E-state index contributed by atoms with van der Waals surface area (Å²) < 4.78 is 6.43. The van der Waals surface area contributed by atoms with E-state index in [1.54, 1.807) is 6.92 Å². The topological polar surface area (TPSA) is 112 Å². The molecule has 0 aliphatic carbocycles. The molecule has 1 N–H and O–H groups in total. The van der Waals surface area contributed by atoms with Gasteiger partial charge in [-0.2, -0.15) is 4.98 Å². The molecule has 4 aromatic rings. The van der Waals surface area contributed by atoms with E-state index in [0.29, 0.717) is 18.3 Å². The average molecular weight is 375 g/mol. The van der Waals surface area contributed by atoms with Crippen LogP contribution in [0.4, 0.5) is 0 Å². The van der Waals surface area contributed by atoms with Crippen LogP contribution in [0.1, 0.15) is 23.1 Å². The van der Waals surface area contributed by atoms with E-state index in [9.17, 15) is 4.79 Å². The van der Waals surface area contributed by atoms with Crippen molar-refractivity contribution in [2.75, 3.05) is 0 Å². The van der Waals surface area contributed by atoms with Gasteiger partial charge in [0.15, 0.2) is 6.04 Å². The van der Waals surface area contributed by atoms with Crippen molar-refractivity contribution in [2.24, 2.45) is 0 Å². The Labute approximate surface area is 160 Å². The first-order valence-electron chi connectivity index (χ1n) is 8.65. The average Bonchev–Trinajstić information content (AvgIpc) is 3.40. The molecule has 28 heavy (non-hydrogen) atoms. The van der Waals surface area contributed by atoms with Crippen LogP contribution in [0, 0.1) is 6.92 Å². The third-order valence-electron chi connectivity index (χ3n) is 4.20. The van der Waals surface area contributed by atoms with E-state index in [-0.39, 0.29) is 5.91 Å². The zero-order valence-corrected chi connectivity index (χ0v) is 15.1. The van der Waals surface area contributed by atoms with E-state index >= 15 is 0 Å². The highest BCUT2D eigenvalue weighted by Gasteiger charge is 2.23. The van der Waals surface area contributed by atoms with Crippen LogP contribution in [-0.2, 0) is 11.3 Å². The third kappa shape index (κ3) is 3.78. The lowest BCUT2D eigenvalue weighted by Gasteiger charge is -2.16. The minimum Gasteiger partial charge on any atom is -0.350 e. The van der Waals surface area contributed by atoms with E-state index < -0.39 is 6.04 Å². The number of carbonyl (C=O) groups excluding carboxylic acids is 1. The summed E-state index contributed by atoms with van der Waals surface area (Å²) in [4.78, 5) is 17.0. The summed E-state index contributed by atoms with van der Waals surface area (Å²) in [6, 6.07) is 16.3. The molecule has 0 fully saturated rings. The molecule has 0 aliphatic rings. The van der Waals surface area contributed by atoms with Crippen LogP contribution < -0.4 is 5.32 Å². The summed E-state index contributed by atoms with van der Waals surface area (Å²) in [7, 11) is 0. The maximum absolute atomic E-state index is 12.8. The Kier molecular flexibility index (Phi) is 4.87. The van der Waals surface area contributed by atoms with Gasteiger partial charge < -0.3 is 9.84 Å². The zero-order valence-electron chi connectivity index (χ0n) is 15.1. The van der Waals surface area contributed by atoms with Crippen molar-refractivity contribution in [1.29, 1.82) is 0 Å². The van der Waals surface area contributed by atoms with Gasteiger partial charge in [0.05, 0.1) is 0 Å². The monoisotopic (exact) mass is 375 g/mol. The number of hydrogen-bond acceptors (Lipinski definition) is 7. The fourth-order valence-electron chi connectivity index (χ4n) is 2.82. The lowest BCUT2D eigenvalue weighted by molar-refractivity contribution is -0.123. The Morgan fingerprint density at radius 2 is 1.93 bits per heavy atom. The predicted molar refractivity (Wildman–Crippen MR) is 98.7 cm³/mol. The summed E-state index contributed by atoms with van der Waals surface area (Å²) in [5.74, 6) is 0.855. The van der Waals surface area contributed by atoms with E-state index in [1.165, 1.54) is 11.0 Å². The molecule has 2 heterocycles. The Balaban J connectivity index is 1.46. The quantitative estimate of drug-likeness (QED) is 0.548. The first kappa shape index (κ1) is 17.5. The summed E-state index contributed by atoms with van der Waals surface area (Å²) in [6.07, 6.45) is 1.43. The molecule has 0 aliphatic heterocycles. The van der Waals surface area contributed by atoms with Crippen molar-refractivity contribution >= 4 is 5.91 Å². The maximum Gasteiger partial charge on any atom is 0.249 e. The molecule has 2 aromatic heterocycles. The highest BCUT2D eigenvalue weighted by Crippen LogP contribution is 2.18. The summed E-state index contributed by atoms with van der Waals surface area (Å²) >= 11 is 0. The SMILES string of the molecule is Cc1nc(-c2ccc(CNC(=O)C(c3ccccc3)n3cnnn3)cc2)no1. The van der Waals surface area contributed by atoms with Crippen molar-refractivity contribution in [1.82, 2.24) is 35.7 Å². The van der Waals surface area contributed by atoms with Gasteiger partial charge in [-0.1, -0.05) is 59.8 Å². The van der Waals surface area contributed by atoms with Crippen molar-refractivity contribution in [2.45, 2.75) is 19.5 Å². The zero-order chi connectivity index (χ0) is 19.3. The van der Waals surface area contributed by atoms with Crippen molar-refractivity contribution in [3.05, 3.63) is 77.9 Å². The van der Waals surface area contributed by atoms with Gasteiger partial charge in [0, 0.05) is 19.0 Å². The number of tetrazole rings is 1. The molecule has 0 saturated heterocycles. The highest BCUT2D eigenvalue weighted by molar-refractivity contribution is 5.83. The van der Waals surface area contributed by atoms with Gasteiger partial charge in [-0.05, 0) is 21.6 Å². The van der Waals surface area contributed by atoms with Crippen LogP contribution in [0.2, 0.25) is 0 Å². The van der Waals surface area contributed by atoms with Crippen LogP contribution in [-0.4, -0.2) is 36.3 Å². The first-order chi connectivity index (χ1) is 13.7. The number of nitrogens with one attached hydrogen (secondary N) is 1.